The number of methoxy groups -OCH3 is 1. The summed E-state index contributed by atoms with van der Waals surface area (Å²) >= 11 is 0. The smallest absolute Gasteiger partial charge is 0.244 e. The molecule has 0 aliphatic rings. The average Bonchev–Trinajstić information content (AvgIpc) is 2.99. The van der Waals surface area contributed by atoms with E-state index in [0.29, 0.717) is 5.56 Å². The number of ether oxygens (including phenoxy) is 1. The lowest BCUT2D eigenvalue weighted by atomic mass is 10.1. The number of benzene rings is 1. The number of H-pyrrole nitrogens is 1. The summed E-state index contributed by atoms with van der Waals surface area (Å²) in [5.74, 6) is -0.558. The number of carbonyl (C=O) groups excluding carboxylic acids is 1. The highest BCUT2D eigenvalue weighted by molar-refractivity contribution is 5.91. The van der Waals surface area contributed by atoms with Gasteiger partial charge in [0.1, 0.15) is 0 Å². The molecule has 0 bridgehead atoms. The van der Waals surface area contributed by atoms with Crippen LogP contribution in [0.2, 0.25) is 0 Å². The van der Waals surface area contributed by atoms with Gasteiger partial charge < -0.3 is 10.1 Å². The molecule has 0 radical (unpaired) electrons. The number of rotatable bonds is 5. The summed E-state index contributed by atoms with van der Waals surface area (Å²) in [5.41, 5.74) is 1.46. The number of hydrogen-bond acceptors (Lipinski definition) is 3. The molecule has 0 spiro atoms. The Labute approximate surface area is 121 Å². The van der Waals surface area contributed by atoms with Crippen LogP contribution in [-0.4, -0.2) is 23.2 Å². The fourth-order valence-electron chi connectivity index (χ4n) is 1.80. The van der Waals surface area contributed by atoms with Crippen molar-refractivity contribution < 1.29 is 13.9 Å². The first-order chi connectivity index (χ1) is 10.1. The van der Waals surface area contributed by atoms with Crippen molar-refractivity contribution in [2.75, 3.05) is 7.11 Å². The van der Waals surface area contributed by atoms with Crippen molar-refractivity contribution in [2.24, 2.45) is 0 Å². The van der Waals surface area contributed by atoms with Crippen molar-refractivity contribution in [3.05, 3.63) is 53.6 Å². The summed E-state index contributed by atoms with van der Waals surface area (Å²) in [6.07, 6.45) is 6.26. The van der Waals surface area contributed by atoms with Crippen LogP contribution >= 0.6 is 0 Å². The first kappa shape index (κ1) is 14.8. The summed E-state index contributed by atoms with van der Waals surface area (Å²) in [4.78, 5) is 11.8. The molecule has 2 N–H and O–H groups in total. The molecule has 1 atom stereocenters. The van der Waals surface area contributed by atoms with Gasteiger partial charge in [-0.1, -0.05) is 6.07 Å². The Morgan fingerprint density at radius 2 is 2.33 bits per heavy atom. The van der Waals surface area contributed by atoms with E-state index < -0.39 is 5.82 Å². The number of halogens is 1. The van der Waals surface area contributed by atoms with E-state index in [1.807, 2.05) is 6.92 Å². The second kappa shape index (κ2) is 6.69. The molecule has 21 heavy (non-hydrogen) atoms. The van der Waals surface area contributed by atoms with E-state index >= 15 is 0 Å². The van der Waals surface area contributed by atoms with E-state index in [1.54, 1.807) is 24.5 Å². The van der Waals surface area contributed by atoms with Gasteiger partial charge in [0.15, 0.2) is 11.6 Å². The topological polar surface area (TPSA) is 67.0 Å². The van der Waals surface area contributed by atoms with Crippen molar-refractivity contribution in [3.8, 4) is 5.75 Å². The third-order valence-electron chi connectivity index (χ3n) is 2.98. The maximum Gasteiger partial charge on any atom is 0.244 e. The zero-order chi connectivity index (χ0) is 15.2. The van der Waals surface area contributed by atoms with Crippen LogP contribution in [0.5, 0.6) is 5.75 Å². The molecule has 0 aliphatic carbocycles. The Bertz CT molecular complexity index is 638. The average molecular weight is 289 g/mol. The summed E-state index contributed by atoms with van der Waals surface area (Å²) < 4.78 is 18.3. The minimum Gasteiger partial charge on any atom is -0.494 e. The second-order valence-corrected chi connectivity index (χ2v) is 4.49. The SMILES string of the molecule is COc1ccc(/C=C/C(=O)NC(C)c2cn[nH]c2)cc1F. The number of aromatic nitrogens is 2. The van der Waals surface area contributed by atoms with E-state index in [0.717, 1.165) is 5.56 Å². The number of amides is 1. The van der Waals surface area contributed by atoms with E-state index in [1.165, 1.54) is 25.3 Å². The lowest BCUT2D eigenvalue weighted by Crippen LogP contribution is -2.24. The molecule has 0 aliphatic heterocycles. The minimum absolute atomic E-state index is 0.159. The maximum absolute atomic E-state index is 13.5. The van der Waals surface area contributed by atoms with Crippen LogP contribution in [0.1, 0.15) is 24.1 Å². The van der Waals surface area contributed by atoms with Gasteiger partial charge in [0.2, 0.25) is 5.91 Å². The summed E-state index contributed by atoms with van der Waals surface area (Å²) in [6.45, 7) is 1.85. The Balaban J connectivity index is 1.97. The molecule has 0 saturated heterocycles. The highest BCUT2D eigenvalue weighted by Crippen LogP contribution is 2.18. The van der Waals surface area contributed by atoms with Crippen molar-refractivity contribution in [1.29, 1.82) is 0 Å². The van der Waals surface area contributed by atoms with E-state index in [2.05, 4.69) is 15.5 Å². The van der Waals surface area contributed by atoms with E-state index in [-0.39, 0.29) is 17.7 Å². The number of aromatic amines is 1. The van der Waals surface area contributed by atoms with Crippen molar-refractivity contribution >= 4 is 12.0 Å². The van der Waals surface area contributed by atoms with Gasteiger partial charge in [-0.2, -0.15) is 5.10 Å². The largest absolute Gasteiger partial charge is 0.494 e. The Hall–Kier alpha value is -2.63. The fraction of sp³-hybridized carbons (Fsp3) is 0.200. The fourth-order valence-corrected chi connectivity index (χ4v) is 1.80. The molecular weight excluding hydrogens is 273 g/mol. The van der Waals surface area contributed by atoms with Crippen LogP contribution in [0.15, 0.2) is 36.7 Å². The normalized spacial score (nSPS) is 12.3. The molecule has 1 aromatic heterocycles. The first-order valence-electron chi connectivity index (χ1n) is 6.41. The number of nitrogens with zero attached hydrogens (tertiary/aromatic N) is 1. The predicted molar refractivity (Wildman–Crippen MR) is 77.1 cm³/mol. The molecule has 1 amide bonds. The molecule has 2 aromatic rings. The standard InChI is InChI=1S/C15H16FN3O2/c1-10(12-8-17-18-9-12)19-15(20)6-4-11-3-5-14(21-2)13(16)7-11/h3-10H,1-2H3,(H,17,18)(H,19,20)/b6-4+. The van der Waals surface area contributed by atoms with Crippen LogP contribution in [0.25, 0.3) is 6.08 Å². The quantitative estimate of drug-likeness (QED) is 0.831. The molecule has 1 aromatic carbocycles. The molecule has 5 nitrogen and oxygen atoms in total. The molecular formula is C15H16FN3O2. The van der Waals surface area contributed by atoms with Gasteiger partial charge in [-0.3, -0.25) is 9.89 Å². The maximum atomic E-state index is 13.5. The van der Waals surface area contributed by atoms with Gasteiger partial charge in [0.05, 0.1) is 19.3 Å². The molecule has 0 fully saturated rings. The van der Waals surface area contributed by atoms with Crippen LogP contribution in [0.3, 0.4) is 0 Å². The Morgan fingerprint density at radius 1 is 1.52 bits per heavy atom. The third-order valence-corrected chi connectivity index (χ3v) is 2.98. The van der Waals surface area contributed by atoms with Crippen LogP contribution < -0.4 is 10.1 Å². The first-order valence-corrected chi connectivity index (χ1v) is 6.41. The Morgan fingerprint density at radius 3 is 2.95 bits per heavy atom. The van der Waals surface area contributed by atoms with Crippen molar-refractivity contribution in [1.82, 2.24) is 15.5 Å². The highest BCUT2D eigenvalue weighted by atomic mass is 19.1. The van der Waals surface area contributed by atoms with Gasteiger partial charge in [-0.15, -0.1) is 0 Å². The molecule has 6 heteroatoms. The summed E-state index contributed by atoms with van der Waals surface area (Å²) in [7, 11) is 1.40. The molecule has 1 heterocycles. The highest BCUT2D eigenvalue weighted by Gasteiger charge is 2.08. The minimum atomic E-state index is -0.466. The van der Waals surface area contributed by atoms with Gasteiger partial charge >= 0.3 is 0 Å². The summed E-state index contributed by atoms with van der Waals surface area (Å²) in [6, 6.07) is 4.34. The number of nitrogens with one attached hydrogen (secondary N) is 2. The van der Waals surface area contributed by atoms with Crippen LogP contribution in [0, 0.1) is 5.82 Å². The van der Waals surface area contributed by atoms with Crippen LogP contribution in [-0.2, 0) is 4.79 Å². The zero-order valence-electron chi connectivity index (χ0n) is 11.8. The second-order valence-electron chi connectivity index (χ2n) is 4.49. The van der Waals surface area contributed by atoms with Crippen LogP contribution in [0.4, 0.5) is 4.39 Å². The molecule has 110 valence electrons. The van der Waals surface area contributed by atoms with Gasteiger partial charge in [0.25, 0.3) is 0 Å². The van der Waals surface area contributed by atoms with E-state index in [4.69, 9.17) is 4.74 Å². The molecule has 0 saturated carbocycles. The van der Waals surface area contributed by atoms with Gasteiger partial charge in [-0.05, 0) is 30.7 Å². The number of hydrogen-bond donors (Lipinski definition) is 2. The summed E-state index contributed by atoms with van der Waals surface area (Å²) in [5, 5.41) is 9.29. The van der Waals surface area contributed by atoms with Crippen molar-refractivity contribution in [3.63, 3.8) is 0 Å². The molecule has 1 unspecified atom stereocenters. The number of carbonyl (C=O) groups is 1. The van der Waals surface area contributed by atoms with Gasteiger partial charge in [-0.25, -0.2) is 4.39 Å². The lowest BCUT2D eigenvalue weighted by molar-refractivity contribution is -0.117. The Kier molecular flexibility index (Phi) is 4.71. The monoisotopic (exact) mass is 289 g/mol. The predicted octanol–water partition coefficient (Wildman–Crippen LogP) is 2.45. The van der Waals surface area contributed by atoms with Crippen molar-refractivity contribution in [2.45, 2.75) is 13.0 Å². The lowest BCUT2D eigenvalue weighted by Gasteiger charge is -2.09. The molecule has 2 rings (SSSR count). The third kappa shape index (κ3) is 3.92. The zero-order valence-corrected chi connectivity index (χ0v) is 11.8. The van der Waals surface area contributed by atoms with E-state index in [9.17, 15) is 9.18 Å². The van der Waals surface area contributed by atoms with Gasteiger partial charge in [0, 0.05) is 17.8 Å².